The quantitative estimate of drug-likeness (QED) is 0.513. The fraction of sp³-hybridized carbons (Fsp3) is 0.889. The lowest BCUT2D eigenvalue weighted by Crippen LogP contribution is -2.58. The SMILES string of the molecule is C[C@]1(Cl)C(=O)[C@@H]2CCCC[C@@H]21. The van der Waals surface area contributed by atoms with Crippen molar-refractivity contribution in [2.45, 2.75) is 37.5 Å². The molecule has 0 aromatic heterocycles. The van der Waals surface area contributed by atoms with Gasteiger partial charge in [0.05, 0.1) is 0 Å². The molecule has 2 saturated carbocycles. The Morgan fingerprint density at radius 3 is 2.73 bits per heavy atom. The summed E-state index contributed by atoms with van der Waals surface area (Å²) >= 11 is 6.08. The predicted molar refractivity (Wildman–Crippen MR) is 44.7 cm³/mol. The minimum atomic E-state index is -0.495. The average Bonchev–Trinajstić information content (AvgIpc) is 2.04. The third kappa shape index (κ3) is 0.868. The second-order valence-electron chi connectivity index (χ2n) is 3.94. The van der Waals surface area contributed by atoms with E-state index in [0.29, 0.717) is 17.6 Å². The number of Topliss-reactive ketones (excluding diaryl/α,β-unsaturated/α-hetero) is 1. The molecule has 1 nitrogen and oxygen atoms in total. The van der Waals surface area contributed by atoms with E-state index >= 15 is 0 Å². The number of hydrogen-bond acceptors (Lipinski definition) is 1. The van der Waals surface area contributed by atoms with E-state index in [1.165, 1.54) is 12.8 Å². The van der Waals surface area contributed by atoms with Crippen molar-refractivity contribution in [1.29, 1.82) is 0 Å². The fourth-order valence-corrected chi connectivity index (χ4v) is 2.94. The van der Waals surface area contributed by atoms with Crippen LogP contribution in [-0.2, 0) is 4.79 Å². The number of hydrogen-bond donors (Lipinski definition) is 0. The Kier molecular flexibility index (Phi) is 1.54. The van der Waals surface area contributed by atoms with Gasteiger partial charge in [-0.25, -0.2) is 0 Å². The standard InChI is InChI=1S/C9H13ClO/c1-9(10)7-5-3-2-4-6(7)8(9)11/h6-7H,2-5H2,1H3/t6-,7+,9-/m1/s1. The maximum Gasteiger partial charge on any atom is 0.157 e. The lowest BCUT2D eigenvalue weighted by Gasteiger charge is -2.50. The van der Waals surface area contributed by atoms with Crippen LogP contribution in [0.3, 0.4) is 0 Å². The maximum atomic E-state index is 11.4. The summed E-state index contributed by atoms with van der Waals surface area (Å²) in [6, 6.07) is 0. The third-order valence-electron chi connectivity index (χ3n) is 3.28. The number of rotatable bonds is 0. The highest BCUT2D eigenvalue weighted by Crippen LogP contribution is 2.52. The van der Waals surface area contributed by atoms with Gasteiger partial charge >= 0.3 is 0 Å². The minimum Gasteiger partial charge on any atom is -0.297 e. The molecular weight excluding hydrogens is 160 g/mol. The van der Waals surface area contributed by atoms with E-state index in [2.05, 4.69) is 0 Å². The highest BCUT2D eigenvalue weighted by molar-refractivity contribution is 6.38. The van der Waals surface area contributed by atoms with Crippen LogP contribution in [0.15, 0.2) is 0 Å². The van der Waals surface area contributed by atoms with Crippen LogP contribution in [0, 0.1) is 11.8 Å². The Morgan fingerprint density at radius 2 is 2.09 bits per heavy atom. The second kappa shape index (κ2) is 2.22. The molecule has 0 radical (unpaired) electrons. The molecule has 0 aromatic carbocycles. The Bertz CT molecular complexity index is 198. The molecule has 2 fully saturated rings. The molecule has 62 valence electrons. The van der Waals surface area contributed by atoms with Crippen LogP contribution in [-0.4, -0.2) is 10.7 Å². The number of ketones is 1. The van der Waals surface area contributed by atoms with E-state index < -0.39 is 4.87 Å². The first-order valence-electron chi connectivity index (χ1n) is 4.37. The van der Waals surface area contributed by atoms with Crippen LogP contribution in [0.1, 0.15) is 32.6 Å². The van der Waals surface area contributed by atoms with Gasteiger partial charge in [-0.1, -0.05) is 12.8 Å². The zero-order chi connectivity index (χ0) is 8.06. The van der Waals surface area contributed by atoms with Crippen molar-refractivity contribution in [2.24, 2.45) is 11.8 Å². The van der Waals surface area contributed by atoms with Gasteiger partial charge in [-0.3, -0.25) is 4.79 Å². The number of carbonyl (C=O) groups excluding carboxylic acids is 1. The second-order valence-corrected chi connectivity index (χ2v) is 4.72. The van der Waals surface area contributed by atoms with Gasteiger partial charge < -0.3 is 0 Å². The molecule has 0 aliphatic heterocycles. The third-order valence-corrected chi connectivity index (χ3v) is 3.75. The van der Waals surface area contributed by atoms with Gasteiger partial charge in [-0.15, -0.1) is 11.6 Å². The molecule has 11 heavy (non-hydrogen) atoms. The summed E-state index contributed by atoms with van der Waals surface area (Å²) in [5.74, 6) is 1.11. The van der Waals surface area contributed by atoms with Crippen LogP contribution in [0.4, 0.5) is 0 Å². The van der Waals surface area contributed by atoms with E-state index in [1.54, 1.807) is 0 Å². The Labute approximate surface area is 72.1 Å². The lowest BCUT2D eigenvalue weighted by atomic mass is 9.58. The van der Waals surface area contributed by atoms with Crippen LogP contribution in [0.5, 0.6) is 0 Å². The summed E-state index contributed by atoms with van der Waals surface area (Å²) in [5.41, 5.74) is 0. The largest absolute Gasteiger partial charge is 0.297 e. The highest BCUT2D eigenvalue weighted by Gasteiger charge is 2.57. The van der Waals surface area contributed by atoms with Crippen molar-refractivity contribution in [2.75, 3.05) is 0 Å². The molecule has 0 amide bonds. The molecule has 0 unspecified atom stereocenters. The van der Waals surface area contributed by atoms with Gasteiger partial charge in [0, 0.05) is 5.92 Å². The summed E-state index contributed by atoms with van der Waals surface area (Å²) < 4.78 is 0. The molecule has 0 bridgehead atoms. The van der Waals surface area contributed by atoms with Crippen molar-refractivity contribution in [3.05, 3.63) is 0 Å². The van der Waals surface area contributed by atoms with Crippen molar-refractivity contribution in [1.82, 2.24) is 0 Å². The summed E-state index contributed by atoms with van der Waals surface area (Å²) in [4.78, 5) is 10.9. The van der Waals surface area contributed by atoms with Crippen molar-refractivity contribution >= 4 is 17.4 Å². The lowest BCUT2D eigenvalue weighted by molar-refractivity contribution is -0.141. The van der Waals surface area contributed by atoms with E-state index in [4.69, 9.17) is 11.6 Å². The number of fused-ring (bicyclic) bond motifs is 1. The molecule has 0 aromatic rings. The molecule has 2 aliphatic rings. The predicted octanol–water partition coefficient (Wildman–Crippen LogP) is 2.37. The van der Waals surface area contributed by atoms with Gasteiger partial charge in [0.2, 0.25) is 0 Å². The molecule has 0 spiro atoms. The van der Waals surface area contributed by atoms with Crippen LogP contribution < -0.4 is 0 Å². The van der Waals surface area contributed by atoms with Crippen LogP contribution in [0.2, 0.25) is 0 Å². The van der Waals surface area contributed by atoms with E-state index in [9.17, 15) is 4.79 Å². The maximum absolute atomic E-state index is 11.4. The van der Waals surface area contributed by atoms with Crippen molar-refractivity contribution in [3.63, 3.8) is 0 Å². The van der Waals surface area contributed by atoms with Gasteiger partial charge in [0.1, 0.15) is 4.87 Å². The molecular formula is C9H13ClO. The van der Waals surface area contributed by atoms with Gasteiger partial charge in [0.15, 0.2) is 5.78 Å². The summed E-state index contributed by atoms with van der Waals surface area (Å²) in [6.07, 6.45) is 4.73. The number of halogens is 1. The van der Waals surface area contributed by atoms with Gasteiger partial charge in [-0.05, 0) is 25.7 Å². The summed E-state index contributed by atoms with van der Waals surface area (Å²) in [6.45, 7) is 1.88. The van der Waals surface area contributed by atoms with Crippen LogP contribution in [0.25, 0.3) is 0 Å². The fourth-order valence-electron chi connectivity index (χ4n) is 2.54. The molecule has 0 N–H and O–H groups in total. The summed E-state index contributed by atoms with van der Waals surface area (Å²) in [5, 5.41) is 0. The van der Waals surface area contributed by atoms with Gasteiger partial charge in [0.25, 0.3) is 0 Å². The first kappa shape index (κ1) is 7.60. The highest BCUT2D eigenvalue weighted by atomic mass is 35.5. The normalized spacial score (nSPS) is 49.8. The molecule has 0 heterocycles. The molecule has 0 saturated heterocycles. The molecule has 2 aliphatic carbocycles. The minimum absolute atomic E-state index is 0.295. The molecule has 3 atom stereocenters. The van der Waals surface area contributed by atoms with E-state index in [-0.39, 0.29) is 0 Å². The van der Waals surface area contributed by atoms with Gasteiger partial charge in [-0.2, -0.15) is 0 Å². The topological polar surface area (TPSA) is 17.1 Å². The number of alkyl halides is 1. The zero-order valence-corrected chi connectivity index (χ0v) is 7.53. The zero-order valence-electron chi connectivity index (χ0n) is 6.77. The first-order chi connectivity index (χ1) is 5.14. The first-order valence-corrected chi connectivity index (χ1v) is 4.75. The number of carbonyl (C=O) groups is 1. The van der Waals surface area contributed by atoms with Crippen LogP contribution >= 0.6 is 11.6 Å². The van der Waals surface area contributed by atoms with Crippen molar-refractivity contribution < 1.29 is 4.79 Å². The monoisotopic (exact) mass is 172 g/mol. The average molecular weight is 173 g/mol. The summed E-state index contributed by atoms with van der Waals surface area (Å²) in [7, 11) is 0. The van der Waals surface area contributed by atoms with E-state index in [1.807, 2.05) is 6.92 Å². The van der Waals surface area contributed by atoms with Crippen molar-refractivity contribution in [3.8, 4) is 0 Å². The Hall–Kier alpha value is -0.0400. The molecule has 2 rings (SSSR count). The van der Waals surface area contributed by atoms with E-state index in [0.717, 1.165) is 12.8 Å². The Balaban J connectivity index is 2.15. The smallest absolute Gasteiger partial charge is 0.157 e. The molecule has 2 heteroatoms. The Morgan fingerprint density at radius 1 is 1.45 bits per heavy atom.